The van der Waals surface area contributed by atoms with Crippen LogP contribution in [0.15, 0.2) is 29.0 Å². The Morgan fingerprint density at radius 1 is 1.14 bits per heavy atom. The standard InChI is InChI=1S/C18H22OS2/c1-3-5-6-13(4-2)11-19-16-12-21-18-9-14-7-8-20-17(14)10-15(16)18/h7-10,12-13H,3-6,11H2,1-2H3. The third-order valence-electron chi connectivity index (χ3n) is 4.13. The predicted molar refractivity (Wildman–Crippen MR) is 96.0 cm³/mol. The van der Waals surface area contributed by atoms with Crippen LogP contribution < -0.4 is 4.74 Å². The van der Waals surface area contributed by atoms with Crippen molar-refractivity contribution in [1.82, 2.24) is 0 Å². The predicted octanol–water partition coefficient (Wildman–Crippen LogP) is 6.71. The summed E-state index contributed by atoms with van der Waals surface area (Å²) in [6.07, 6.45) is 5.07. The van der Waals surface area contributed by atoms with Crippen molar-refractivity contribution in [2.75, 3.05) is 6.61 Å². The topological polar surface area (TPSA) is 9.23 Å². The fraction of sp³-hybridized carbons (Fsp3) is 0.444. The summed E-state index contributed by atoms with van der Waals surface area (Å²) in [4.78, 5) is 0. The van der Waals surface area contributed by atoms with Crippen LogP contribution in [-0.4, -0.2) is 6.61 Å². The number of unbranched alkanes of at least 4 members (excludes halogenated alkanes) is 1. The Morgan fingerprint density at radius 3 is 2.86 bits per heavy atom. The Hall–Kier alpha value is -1.06. The van der Waals surface area contributed by atoms with Gasteiger partial charge in [0, 0.05) is 20.2 Å². The van der Waals surface area contributed by atoms with Crippen LogP contribution in [-0.2, 0) is 0 Å². The molecule has 0 aliphatic rings. The Balaban J connectivity index is 1.77. The number of benzene rings is 1. The molecule has 21 heavy (non-hydrogen) atoms. The quantitative estimate of drug-likeness (QED) is 0.470. The SMILES string of the molecule is CCCCC(CC)COc1csc2cc3ccsc3cc12. The normalized spacial score (nSPS) is 13.0. The maximum absolute atomic E-state index is 6.15. The Labute approximate surface area is 134 Å². The van der Waals surface area contributed by atoms with E-state index in [0.717, 1.165) is 12.4 Å². The van der Waals surface area contributed by atoms with E-state index in [1.807, 2.05) is 0 Å². The summed E-state index contributed by atoms with van der Waals surface area (Å²) in [7, 11) is 0. The molecule has 2 heterocycles. The van der Waals surface area contributed by atoms with Gasteiger partial charge in [-0.3, -0.25) is 0 Å². The van der Waals surface area contributed by atoms with Crippen LogP contribution in [0.5, 0.6) is 5.75 Å². The lowest BCUT2D eigenvalue weighted by Gasteiger charge is -2.15. The fourth-order valence-electron chi connectivity index (χ4n) is 2.68. The van der Waals surface area contributed by atoms with Gasteiger partial charge in [-0.1, -0.05) is 33.1 Å². The molecule has 0 saturated carbocycles. The molecule has 0 bridgehead atoms. The van der Waals surface area contributed by atoms with Gasteiger partial charge >= 0.3 is 0 Å². The molecule has 0 aliphatic heterocycles. The van der Waals surface area contributed by atoms with E-state index in [4.69, 9.17) is 4.74 Å². The van der Waals surface area contributed by atoms with Crippen molar-refractivity contribution in [1.29, 1.82) is 0 Å². The summed E-state index contributed by atoms with van der Waals surface area (Å²) in [5.41, 5.74) is 0. The van der Waals surface area contributed by atoms with E-state index in [1.54, 1.807) is 22.7 Å². The third kappa shape index (κ3) is 3.24. The van der Waals surface area contributed by atoms with Gasteiger partial charge in [-0.25, -0.2) is 0 Å². The van der Waals surface area contributed by atoms with Crippen molar-refractivity contribution in [3.63, 3.8) is 0 Å². The van der Waals surface area contributed by atoms with Crippen molar-refractivity contribution in [3.05, 3.63) is 29.0 Å². The van der Waals surface area contributed by atoms with E-state index in [2.05, 4.69) is 42.8 Å². The van der Waals surface area contributed by atoms with E-state index in [9.17, 15) is 0 Å². The molecule has 1 atom stereocenters. The van der Waals surface area contributed by atoms with Gasteiger partial charge in [0.2, 0.25) is 0 Å². The molecule has 3 aromatic rings. The molecule has 1 aromatic carbocycles. The minimum Gasteiger partial charge on any atom is -0.492 e. The Bertz CT molecular complexity index is 710. The highest BCUT2D eigenvalue weighted by Gasteiger charge is 2.11. The smallest absolute Gasteiger partial charge is 0.137 e. The van der Waals surface area contributed by atoms with Gasteiger partial charge in [0.05, 0.1) is 6.61 Å². The molecule has 0 amide bonds. The molecular formula is C18H22OS2. The second-order valence-electron chi connectivity index (χ2n) is 5.63. The van der Waals surface area contributed by atoms with Crippen LogP contribution in [0.3, 0.4) is 0 Å². The van der Waals surface area contributed by atoms with E-state index in [0.29, 0.717) is 5.92 Å². The molecule has 0 saturated heterocycles. The largest absolute Gasteiger partial charge is 0.492 e. The summed E-state index contributed by atoms with van der Waals surface area (Å²) in [6, 6.07) is 6.76. The van der Waals surface area contributed by atoms with Gasteiger partial charge in [0.1, 0.15) is 5.75 Å². The second kappa shape index (κ2) is 6.80. The van der Waals surface area contributed by atoms with Gasteiger partial charge < -0.3 is 4.74 Å². The molecule has 0 N–H and O–H groups in total. The van der Waals surface area contributed by atoms with Crippen LogP contribution in [0.2, 0.25) is 0 Å². The Morgan fingerprint density at radius 2 is 2.05 bits per heavy atom. The summed E-state index contributed by atoms with van der Waals surface area (Å²) >= 11 is 3.59. The molecule has 0 fully saturated rings. The van der Waals surface area contributed by atoms with Crippen molar-refractivity contribution < 1.29 is 4.74 Å². The maximum Gasteiger partial charge on any atom is 0.137 e. The van der Waals surface area contributed by atoms with Crippen molar-refractivity contribution in [2.24, 2.45) is 5.92 Å². The van der Waals surface area contributed by atoms with E-state index < -0.39 is 0 Å². The summed E-state index contributed by atoms with van der Waals surface area (Å²) in [5, 5.41) is 6.95. The second-order valence-corrected chi connectivity index (χ2v) is 7.49. The average molecular weight is 319 g/mol. The first kappa shape index (κ1) is 14.9. The van der Waals surface area contributed by atoms with Gasteiger partial charge in [-0.15, -0.1) is 22.7 Å². The molecule has 1 unspecified atom stereocenters. The zero-order valence-electron chi connectivity index (χ0n) is 12.7. The molecule has 112 valence electrons. The van der Waals surface area contributed by atoms with E-state index >= 15 is 0 Å². The number of ether oxygens (including phenoxy) is 1. The first-order valence-electron chi connectivity index (χ1n) is 7.83. The number of fused-ring (bicyclic) bond motifs is 2. The molecule has 0 spiro atoms. The van der Waals surface area contributed by atoms with Crippen LogP contribution >= 0.6 is 22.7 Å². The molecule has 3 rings (SSSR count). The van der Waals surface area contributed by atoms with Gasteiger partial charge in [-0.2, -0.15) is 0 Å². The van der Waals surface area contributed by atoms with Crippen LogP contribution in [0.1, 0.15) is 39.5 Å². The lowest BCUT2D eigenvalue weighted by atomic mass is 10.0. The van der Waals surface area contributed by atoms with Gasteiger partial charge in [-0.05, 0) is 41.3 Å². The summed E-state index contributed by atoms with van der Waals surface area (Å²) in [5.74, 6) is 1.76. The van der Waals surface area contributed by atoms with Crippen molar-refractivity contribution in [3.8, 4) is 5.75 Å². The number of hydrogen-bond acceptors (Lipinski definition) is 3. The highest BCUT2D eigenvalue weighted by atomic mass is 32.1. The zero-order valence-corrected chi connectivity index (χ0v) is 14.4. The highest BCUT2D eigenvalue weighted by Crippen LogP contribution is 2.37. The molecular weight excluding hydrogens is 296 g/mol. The zero-order chi connectivity index (χ0) is 14.7. The fourth-order valence-corrected chi connectivity index (χ4v) is 4.40. The first-order chi connectivity index (χ1) is 10.3. The van der Waals surface area contributed by atoms with E-state index in [1.165, 1.54) is 45.9 Å². The lowest BCUT2D eigenvalue weighted by Crippen LogP contribution is -2.11. The van der Waals surface area contributed by atoms with Crippen LogP contribution in [0, 0.1) is 5.92 Å². The molecule has 2 aromatic heterocycles. The summed E-state index contributed by atoms with van der Waals surface area (Å²) < 4.78 is 8.83. The molecule has 0 aliphatic carbocycles. The highest BCUT2D eigenvalue weighted by molar-refractivity contribution is 7.19. The Kier molecular flexibility index (Phi) is 4.81. The summed E-state index contributed by atoms with van der Waals surface area (Å²) in [6.45, 7) is 5.38. The minimum atomic E-state index is 0.686. The third-order valence-corrected chi connectivity index (χ3v) is 5.93. The number of hydrogen-bond donors (Lipinski definition) is 0. The molecule has 3 heteroatoms. The molecule has 0 radical (unpaired) electrons. The van der Waals surface area contributed by atoms with Crippen molar-refractivity contribution in [2.45, 2.75) is 39.5 Å². The first-order valence-corrected chi connectivity index (χ1v) is 9.59. The monoisotopic (exact) mass is 318 g/mol. The number of rotatable bonds is 7. The van der Waals surface area contributed by atoms with Gasteiger partial charge in [0.15, 0.2) is 0 Å². The maximum atomic E-state index is 6.15. The van der Waals surface area contributed by atoms with E-state index in [-0.39, 0.29) is 0 Å². The number of thiophene rings is 2. The molecule has 1 nitrogen and oxygen atoms in total. The van der Waals surface area contributed by atoms with Crippen LogP contribution in [0.4, 0.5) is 0 Å². The van der Waals surface area contributed by atoms with Gasteiger partial charge in [0.25, 0.3) is 0 Å². The average Bonchev–Trinajstić information content (AvgIpc) is 3.11. The van der Waals surface area contributed by atoms with Crippen molar-refractivity contribution >= 4 is 42.8 Å². The van der Waals surface area contributed by atoms with Crippen LogP contribution in [0.25, 0.3) is 20.2 Å². The lowest BCUT2D eigenvalue weighted by molar-refractivity contribution is 0.236. The minimum absolute atomic E-state index is 0.686.